The molecule has 0 aliphatic carbocycles. The van der Waals surface area contributed by atoms with E-state index in [9.17, 15) is 0 Å². The largest absolute Gasteiger partial charge is 0.258 e. The van der Waals surface area contributed by atoms with Crippen molar-refractivity contribution in [2.45, 2.75) is 81.1 Å². The van der Waals surface area contributed by atoms with Gasteiger partial charge in [-0.15, -0.1) is 0 Å². The fourth-order valence-electron chi connectivity index (χ4n) is 4.01. The molecular weight excluding hydrogens is 290 g/mol. The van der Waals surface area contributed by atoms with Crippen molar-refractivity contribution in [2.24, 2.45) is 0 Å². The van der Waals surface area contributed by atoms with Crippen molar-refractivity contribution >= 4 is 0 Å². The number of aryl methyl sites for hydroxylation is 6. The van der Waals surface area contributed by atoms with E-state index in [-0.39, 0.29) is 0 Å². The number of benzene rings is 1. The van der Waals surface area contributed by atoms with Crippen LogP contribution < -0.4 is 0 Å². The highest BCUT2D eigenvalue weighted by atomic mass is 14.7. The first kappa shape index (κ1) is 20.4. The number of hydrogen-bond acceptors (Lipinski definition) is 1. The van der Waals surface area contributed by atoms with Gasteiger partial charge < -0.3 is 0 Å². The Balaban J connectivity index is 0.000000240. The number of aromatic nitrogens is 1. The molecule has 0 saturated heterocycles. The van der Waals surface area contributed by atoms with Crippen molar-refractivity contribution in [3.63, 3.8) is 0 Å². The Morgan fingerprint density at radius 2 is 1.04 bits per heavy atom. The SMILES string of the molecule is Cc1cc(C)c(C(C)C)c(C)c1.Cc1cc(C)c(C(C)C)c(C)n1. The van der Waals surface area contributed by atoms with Crippen LogP contribution in [0.1, 0.15) is 84.3 Å². The molecular formula is C23H35N. The van der Waals surface area contributed by atoms with Crippen LogP contribution in [0.3, 0.4) is 0 Å². The van der Waals surface area contributed by atoms with E-state index in [4.69, 9.17) is 0 Å². The quantitative estimate of drug-likeness (QED) is 0.587. The maximum absolute atomic E-state index is 4.46. The molecule has 0 amide bonds. The van der Waals surface area contributed by atoms with Gasteiger partial charge in [-0.05, 0) is 87.3 Å². The molecule has 1 heteroatoms. The summed E-state index contributed by atoms with van der Waals surface area (Å²) < 4.78 is 0. The van der Waals surface area contributed by atoms with Crippen LogP contribution in [0.5, 0.6) is 0 Å². The Labute approximate surface area is 149 Å². The van der Waals surface area contributed by atoms with Crippen LogP contribution in [0.25, 0.3) is 0 Å². The minimum Gasteiger partial charge on any atom is -0.258 e. The molecule has 0 aliphatic rings. The predicted octanol–water partition coefficient (Wildman–Crippen LogP) is 6.87. The van der Waals surface area contributed by atoms with E-state index in [2.05, 4.69) is 85.5 Å². The van der Waals surface area contributed by atoms with E-state index < -0.39 is 0 Å². The number of rotatable bonds is 2. The topological polar surface area (TPSA) is 12.9 Å². The summed E-state index contributed by atoms with van der Waals surface area (Å²) in [5.74, 6) is 1.23. The lowest BCUT2D eigenvalue weighted by Gasteiger charge is -2.14. The molecule has 2 rings (SSSR count). The minimum absolute atomic E-state index is 0.582. The summed E-state index contributed by atoms with van der Waals surface area (Å²) in [6, 6.07) is 6.69. The Morgan fingerprint density at radius 3 is 1.42 bits per heavy atom. The second-order valence-corrected chi connectivity index (χ2v) is 7.70. The molecule has 0 unspecified atom stereocenters. The predicted molar refractivity (Wildman–Crippen MR) is 107 cm³/mol. The number of pyridine rings is 1. The fraction of sp³-hybridized carbons (Fsp3) is 0.522. The van der Waals surface area contributed by atoms with Crippen molar-refractivity contribution in [3.05, 3.63) is 63.0 Å². The van der Waals surface area contributed by atoms with Crippen LogP contribution in [-0.2, 0) is 0 Å². The normalized spacial score (nSPS) is 10.8. The molecule has 1 heterocycles. The lowest BCUT2D eigenvalue weighted by atomic mass is 9.92. The van der Waals surface area contributed by atoms with Crippen LogP contribution in [0, 0.1) is 41.5 Å². The average molecular weight is 326 g/mol. The molecule has 0 N–H and O–H groups in total. The van der Waals surface area contributed by atoms with Gasteiger partial charge in [-0.3, -0.25) is 4.98 Å². The van der Waals surface area contributed by atoms with Crippen LogP contribution in [-0.4, -0.2) is 4.98 Å². The monoisotopic (exact) mass is 325 g/mol. The minimum atomic E-state index is 0.582. The van der Waals surface area contributed by atoms with E-state index in [1.54, 1.807) is 0 Å². The van der Waals surface area contributed by atoms with E-state index in [0.717, 1.165) is 5.69 Å². The van der Waals surface area contributed by atoms with Gasteiger partial charge in [0.15, 0.2) is 0 Å². The molecule has 1 aromatic carbocycles. The zero-order valence-corrected chi connectivity index (χ0v) is 17.3. The molecule has 24 heavy (non-hydrogen) atoms. The Bertz CT molecular complexity index is 586. The summed E-state index contributed by atoms with van der Waals surface area (Å²) in [7, 11) is 0. The van der Waals surface area contributed by atoms with Gasteiger partial charge in [0.05, 0.1) is 0 Å². The molecule has 1 aromatic heterocycles. The average Bonchev–Trinajstić information content (AvgIpc) is 2.35. The second kappa shape index (κ2) is 8.46. The van der Waals surface area contributed by atoms with Crippen molar-refractivity contribution in [3.8, 4) is 0 Å². The van der Waals surface area contributed by atoms with Gasteiger partial charge in [-0.1, -0.05) is 45.4 Å². The standard InChI is InChI=1S/C12H18.C11H17N/c1-8(2)12-10(4)6-9(3)7-11(12)5;1-7(2)11-8(3)6-9(4)12-10(11)5/h6-8H,1-5H3;6-7H,1-5H3. The Morgan fingerprint density at radius 1 is 0.625 bits per heavy atom. The van der Waals surface area contributed by atoms with Crippen LogP contribution >= 0.6 is 0 Å². The van der Waals surface area contributed by atoms with E-state index >= 15 is 0 Å². The fourth-order valence-corrected chi connectivity index (χ4v) is 4.01. The number of hydrogen-bond donors (Lipinski definition) is 0. The van der Waals surface area contributed by atoms with Crippen LogP contribution in [0.4, 0.5) is 0 Å². The van der Waals surface area contributed by atoms with E-state index in [1.165, 1.54) is 39.1 Å². The van der Waals surface area contributed by atoms with Crippen molar-refractivity contribution in [1.82, 2.24) is 4.98 Å². The molecule has 0 spiro atoms. The van der Waals surface area contributed by atoms with Gasteiger partial charge in [0.25, 0.3) is 0 Å². The van der Waals surface area contributed by atoms with Crippen molar-refractivity contribution in [1.29, 1.82) is 0 Å². The third-order valence-electron chi connectivity index (χ3n) is 4.48. The second-order valence-electron chi connectivity index (χ2n) is 7.70. The first-order chi connectivity index (χ1) is 11.0. The molecule has 132 valence electrons. The summed E-state index contributed by atoms with van der Waals surface area (Å²) >= 11 is 0. The van der Waals surface area contributed by atoms with Crippen LogP contribution in [0.15, 0.2) is 18.2 Å². The van der Waals surface area contributed by atoms with Gasteiger partial charge >= 0.3 is 0 Å². The Hall–Kier alpha value is -1.63. The van der Waals surface area contributed by atoms with Gasteiger partial charge in [0, 0.05) is 11.4 Å². The third-order valence-corrected chi connectivity index (χ3v) is 4.48. The van der Waals surface area contributed by atoms with Crippen molar-refractivity contribution < 1.29 is 0 Å². The van der Waals surface area contributed by atoms with Gasteiger partial charge in [0.2, 0.25) is 0 Å². The first-order valence-corrected chi connectivity index (χ1v) is 9.07. The molecule has 0 saturated carbocycles. The van der Waals surface area contributed by atoms with E-state index in [0.29, 0.717) is 11.8 Å². The molecule has 0 atom stereocenters. The molecule has 0 aliphatic heterocycles. The highest BCUT2D eigenvalue weighted by Gasteiger charge is 2.08. The van der Waals surface area contributed by atoms with Crippen LogP contribution in [0.2, 0.25) is 0 Å². The third kappa shape index (κ3) is 5.19. The highest BCUT2D eigenvalue weighted by molar-refractivity contribution is 5.39. The molecule has 1 nitrogen and oxygen atoms in total. The molecule has 2 aromatic rings. The lowest BCUT2D eigenvalue weighted by molar-refractivity contribution is 0.827. The smallest absolute Gasteiger partial charge is 0.0413 e. The summed E-state index contributed by atoms with van der Waals surface area (Å²) in [6.45, 7) is 21.8. The maximum atomic E-state index is 4.46. The van der Waals surface area contributed by atoms with Crippen molar-refractivity contribution in [2.75, 3.05) is 0 Å². The first-order valence-electron chi connectivity index (χ1n) is 9.07. The summed E-state index contributed by atoms with van der Waals surface area (Å²) in [5, 5.41) is 0. The zero-order chi connectivity index (χ0) is 18.6. The van der Waals surface area contributed by atoms with Gasteiger partial charge in [-0.2, -0.15) is 0 Å². The summed E-state index contributed by atoms with van der Waals surface area (Å²) in [4.78, 5) is 4.46. The maximum Gasteiger partial charge on any atom is 0.0413 e. The lowest BCUT2D eigenvalue weighted by Crippen LogP contribution is -2.00. The highest BCUT2D eigenvalue weighted by Crippen LogP contribution is 2.24. The molecule has 0 fully saturated rings. The summed E-state index contributed by atoms with van der Waals surface area (Å²) in [6.07, 6.45) is 0. The van der Waals surface area contributed by atoms with E-state index in [1.807, 2.05) is 6.92 Å². The Kier molecular flexibility index (Phi) is 7.20. The molecule has 0 radical (unpaired) electrons. The van der Waals surface area contributed by atoms with Gasteiger partial charge in [0.1, 0.15) is 0 Å². The zero-order valence-electron chi connectivity index (χ0n) is 17.3. The number of nitrogens with zero attached hydrogens (tertiary/aromatic N) is 1. The van der Waals surface area contributed by atoms with Gasteiger partial charge in [-0.25, -0.2) is 0 Å². The summed E-state index contributed by atoms with van der Waals surface area (Å²) in [5.41, 5.74) is 10.8. The molecule has 0 bridgehead atoms.